The summed E-state index contributed by atoms with van der Waals surface area (Å²) in [7, 11) is 0. The Balaban J connectivity index is 1.82. The average molecular weight is 267 g/mol. The summed E-state index contributed by atoms with van der Waals surface area (Å²) in [6, 6.07) is 13.3. The molecule has 104 valence electrons. The number of nitrogens with zero attached hydrogens (tertiary/aromatic N) is 2. The lowest BCUT2D eigenvalue weighted by molar-refractivity contribution is 0.570. The third kappa shape index (κ3) is 2.99. The van der Waals surface area contributed by atoms with Gasteiger partial charge in [0, 0.05) is 25.3 Å². The first-order chi connectivity index (χ1) is 9.83. The van der Waals surface area contributed by atoms with Gasteiger partial charge < -0.3 is 10.2 Å². The average Bonchev–Trinajstić information content (AvgIpc) is 2.74. The molecule has 1 N–H and O–H groups in total. The molecule has 0 radical (unpaired) electrons. The molecule has 1 saturated heterocycles. The second-order valence-corrected chi connectivity index (χ2v) is 5.44. The Morgan fingerprint density at radius 3 is 2.85 bits per heavy atom. The minimum atomic E-state index is 0.388. The highest BCUT2D eigenvalue weighted by Gasteiger charge is 2.19. The van der Waals surface area contributed by atoms with E-state index >= 15 is 0 Å². The van der Waals surface area contributed by atoms with Gasteiger partial charge in [0.15, 0.2) is 0 Å². The molecular weight excluding hydrogens is 246 g/mol. The van der Waals surface area contributed by atoms with Gasteiger partial charge in [-0.05, 0) is 37.1 Å². The predicted molar refractivity (Wildman–Crippen MR) is 83.0 cm³/mol. The van der Waals surface area contributed by atoms with Crippen LogP contribution in [0.2, 0.25) is 0 Å². The van der Waals surface area contributed by atoms with Gasteiger partial charge in [-0.1, -0.05) is 30.3 Å². The number of benzene rings is 1. The van der Waals surface area contributed by atoms with Gasteiger partial charge in [-0.25, -0.2) is 0 Å². The van der Waals surface area contributed by atoms with Crippen molar-refractivity contribution in [3.63, 3.8) is 0 Å². The van der Waals surface area contributed by atoms with Crippen LogP contribution in [0.5, 0.6) is 0 Å². The van der Waals surface area contributed by atoms with Gasteiger partial charge in [-0.15, -0.1) is 0 Å². The maximum Gasteiger partial charge on any atom is 0.0556 e. The van der Waals surface area contributed by atoms with Crippen molar-refractivity contribution in [2.75, 3.05) is 24.5 Å². The maximum atomic E-state index is 4.33. The molecule has 0 saturated carbocycles. The summed E-state index contributed by atoms with van der Waals surface area (Å²) in [4.78, 5) is 6.77. The summed E-state index contributed by atoms with van der Waals surface area (Å²) in [6.45, 7) is 5.24. The van der Waals surface area contributed by atoms with Crippen molar-refractivity contribution in [3.8, 4) is 0 Å². The van der Waals surface area contributed by atoms with E-state index in [2.05, 4.69) is 58.5 Å². The van der Waals surface area contributed by atoms with Crippen LogP contribution in [0, 0.1) is 6.92 Å². The van der Waals surface area contributed by atoms with Crippen molar-refractivity contribution < 1.29 is 0 Å². The zero-order chi connectivity index (χ0) is 13.8. The van der Waals surface area contributed by atoms with Crippen LogP contribution in [-0.2, 0) is 0 Å². The lowest BCUT2D eigenvalue weighted by Gasteiger charge is -2.26. The first kappa shape index (κ1) is 13.1. The molecule has 0 bridgehead atoms. The number of anilines is 1. The second-order valence-electron chi connectivity index (χ2n) is 5.44. The molecule has 2 heterocycles. The number of aryl methyl sites for hydroxylation is 1. The monoisotopic (exact) mass is 267 g/mol. The zero-order valence-electron chi connectivity index (χ0n) is 11.9. The van der Waals surface area contributed by atoms with E-state index in [4.69, 9.17) is 0 Å². The maximum absolute atomic E-state index is 4.33. The minimum absolute atomic E-state index is 0.388. The highest BCUT2D eigenvalue weighted by atomic mass is 15.2. The van der Waals surface area contributed by atoms with Crippen LogP contribution in [0.1, 0.15) is 23.6 Å². The molecule has 1 unspecified atom stereocenters. The highest BCUT2D eigenvalue weighted by molar-refractivity contribution is 5.46. The van der Waals surface area contributed by atoms with Crippen molar-refractivity contribution in [2.45, 2.75) is 19.4 Å². The van der Waals surface area contributed by atoms with Gasteiger partial charge in [0.1, 0.15) is 0 Å². The van der Waals surface area contributed by atoms with Crippen LogP contribution >= 0.6 is 0 Å². The quantitative estimate of drug-likeness (QED) is 0.907. The van der Waals surface area contributed by atoms with E-state index in [0.717, 1.165) is 26.1 Å². The summed E-state index contributed by atoms with van der Waals surface area (Å²) in [6.07, 6.45) is 5.05. The van der Waals surface area contributed by atoms with E-state index in [0.29, 0.717) is 6.04 Å². The first-order valence-electron chi connectivity index (χ1n) is 7.28. The summed E-state index contributed by atoms with van der Waals surface area (Å²) < 4.78 is 0. The molecule has 3 heteroatoms. The van der Waals surface area contributed by atoms with Gasteiger partial charge in [-0.2, -0.15) is 0 Å². The second kappa shape index (κ2) is 6.06. The van der Waals surface area contributed by atoms with Crippen LogP contribution in [0.25, 0.3) is 0 Å². The van der Waals surface area contributed by atoms with E-state index in [1.807, 2.05) is 12.4 Å². The summed E-state index contributed by atoms with van der Waals surface area (Å²) in [5, 5.41) is 3.65. The number of rotatable bonds is 2. The van der Waals surface area contributed by atoms with E-state index in [9.17, 15) is 0 Å². The van der Waals surface area contributed by atoms with Crippen molar-refractivity contribution >= 4 is 5.69 Å². The SMILES string of the molecule is Cc1cncc(N2CCCNC(c3ccccc3)C2)c1. The summed E-state index contributed by atoms with van der Waals surface area (Å²) in [5.41, 5.74) is 3.81. The van der Waals surface area contributed by atoms with Gasteiger partial charge in [0.25, 0.3) is 0 Å². The Bertz CT molecular complexity index is 553. The van der Waals surface area contributed by atoms with Crippen LogP contribution in [-0.4, -0.2) is 24.6 Å². The smallest absolute Gasteiger partial charge is 0.0556 e. The molecule has 3 nitrogen and oxygen atoms in total. The fourth-order valence-electron chi connectivity index (χ4n) is 2.78. The molecule has 1 aromatic heterocycles. The molecule has 3 rings (SSSR count). The van der Waals surface area contributed by atoms with Crippen molar-refractivity contribution in [2.24, 2.45) is 0 Å². The minimum Gasteiger partial charge on any atom is -0.368 e. The largest absolute Gasteiger partial charge is 0.368 e. The van der Waals surface area contributed by atoms with Crippen molar-refractivity contribution in [1.29, 1.82) is 0 Å². The summed E-state index contributed by atoms with van der Waals surface area (Å²) >= 11 is 0. The fourth-order valence-corrected chi connectivity index (χ4v) is 2.78. The predicted octanol–water partition coefficient (Wildman–Crippen LogP) is 2.93. The molecule has 2 aromatic rings. The zero-order valence-corrected chi connectivity index (χ0v) is 11.9. The highest BCUT2D eigenvalue weighted by Crippen LogP contribution is 2.22. The number of nitrogens with one attached hydrogen (secondary N) is 1. The van der Waals surface area contributed by atoms with E-state index < -0.39 is 0 Å². The lowest BCUT2D eigenvalue weighted by Crippen LogP contribution is -2.31. The first-order valence-corrected chi connectivity index (χ1v) is 7.28. The van der Waals surface area contributed by atoms with Gasteiger partial charge in [-0.3, -0.25) is 4.98 Å². The molecule has 1 aromatic carbocycles. The molecule has 1 atom stereocenters. The third-order valence-corrected chi connectivity index (χ3v) is 3.83. The Hall–Kier alpha value is -1.87. The van der Waals surface area contributed by atoms with Crippen molar-refractivity contribution in [3.05, 3.63) is 59.9 Å². The van der Waals surface area contributed by atoms with Crippen LogP contribution in [0.15, 0.2) is 48.8 Å². The Morgan fingerprint density at radius 2 is 2.05 bits per heavy atom. The molecule has 20 heavy (non-hydrogen) atoms. The third-order valence-electron chi connectivity index (χ3n) is 3.83. The molecular formula is C17H21N3. The van der Waals surface area contributed by atoms with Gasteiger partial charge in [0.05, 0.1) is 11.9 Å². The molecule has 0 aliphatic carbocycles. The molecule has 0 amide bonds. The number of hydrogen-bond acceptors (Lipinski definition) is 3. The van der Waals surface area contributed by atoms with Crippen LogP contribution in [0.3, 0.4) is 0 Å². The van der Waals surface area contributed by atoms with Crippen LogP contribution in [0.4, 0.5) is 5.69 Å². The standard InChI is InChI=1S/C17H21N3/c1-14-10-16(12-18-11-14)20-9-5-8-19-17(13-20)15-6-3-2-4-7-15/h2-4,6-7,10-12,17,19H,5,8-9,13H2,1H3. The number of hydrogen-bond donors (Lipinski definition) is 1. The Labute approximate surface area is 120 Å². The number of pyridine rings is 1. The van der Waals surface area contributed by atoms with E-state index in [-0.39, 0.29) is 0 Å². The van der Waals surface area contributed by atoms with Crippen LogP contribution < -0.4 is 10.2 Å². The molecule has 1 aliphatic heterocycles. The van der Waals surface area contributed by atoms with Gasteiger partial charge in [0.2, 0.25) is 0 Å². The normalized spacial score (nSPS) is 19.6. The van der Waals surface area contributed by atoms with E-state index in [1.165, 1.54) is 16.8 Å². The molecule has 1 aliphatic rings. The lowest BCUT2D eigenvalue weighted by atomic mass is 10.1. The van der Waals surface area contributed by atoms with E-state index in [1.54, 1.807) is 0 Å². The Morgan fingerprint density at radius 1 is 1.20 bits per heavy atom. The molecule has 0 spiro atoms. The van der Waals surface area contributed by atoms with Crippen molar-refractivity contribution in [1.82, 2.24) is 10.3 Å². The van der Waals surface area contributed by atoms with Gasteiger partial charge >= 0.3 is 0 Å². The molecule has 1 fully saturated rings. The number of aromatic nitrogens is 1. The Kier molecular flexibility index (Phi) is 3.97. The fraction of sp³-hybridized carbons (Fsp3) is 0.353. The summed E-state index contributed by atoms with van der Waals surface area (Å²) in [5.74, 6) is 0. The topological polar surface area (TPSA) is 28.2 Å².